The fraction of sp³-hybridized carbons (Fsp3) is 0.333. The third-order valence-corrected chi connectivity index (χ3v) is 2.65. The SMILES string of the molecule is O=C(CC1C=CCC1)Nc1ccc(F)nc1F. The molecule has 0 aromatic carbocycles. The third-order valence-electron chi connectivity index (χ3n) is 2.65. The Balaban J connectivity index is 1.95. The molecule has 5 heteroatoms. The van der Waals surface area contributed by atoms with Gasteiger partial charge in [-0.1, -0.05) is 12.2 Å². The number of hydrogen-bond donors (Lipinski definition) is 1. The van der Waals surface area contributed by atoms with Crippen molar-refractivity contribution >= 4 is 11.6 Å². The fourth-order valence-corrected chi connectivity index (χ4v) is 1.81. The molecule has 0 bridgehead atoms. The summed E-state index contributed by atoms with van der Waals surface area (Å²) in [6.07, 6.45) is 6.24. The Morgan fingerprint density at radius 3 is 2.94 bits per heavy atom. The number of pyridine rings is 1. The van der Waals surface area contributed by atoms with Gasteiger partial charge in [0.15, 0.2) is 0 Å². The van der Waals surface area contributed by atoms with Gasteiger partial charge in [-0.05, 0) is 30.9 Å². The average Bonchev–Trinajstić information content (AvgIpc) is 2.75. The molecule has 1 aliphatic rings. The summed E-state index contributed by atoms with van der Waals surface area (Å²) in [6, 6.07) is 2.17. The van der Waals surface area contributed by atoms with Gasteiger partial charge >= 0.3 is 0 Å². The zero-order valence-electron chi connectivity index (χ0n) is 9.12. The van der Waals surface area contributed by atoms with E-state index < -0.39 is 11.9 Å². The van der Waals surface area contributed by atoms with Crippen molar-refractivity contribution in [1.29, 1.82) is 0 Å². The first-order valence-electron chi connectivity index (χ1n) is 5.43. The van der Waals surface area contributed by atoms with Gasteiger partial charge in [-0.15, -0.1) is 0 Å². The lowest BCUT2D eigenvalue weighted by Crippen LogP contribution is -2.16. The largest absolute Gasteiger partial charge is 0.322 e. The summed E-state index contributed by atoms with van der Waals surface area (Å²) in [5.74, 6) is -1.97. The highest BCUT2D eigenvalue weighted by Gasteiger charge is 2.15. The molecule has 3 nitrogen and oxygen atoms in total. The number of carbonyl (C=O) groups excluding carboxylic acids is 1. The van der Waals surface area contributed by atoms with Crippen molar-refractivity contribution in [3.63, 3.8) is 0 Å². The van der Waals surface area contributed by atoms with Gasteiger partial charge in [-0.3, -0.25) is 4.79 Å². The summed E-state index contributed by atoms with van der Waals surface area (Å²) in [6.45, 7) is 0. The summed E-state index contributed by atoms with van der Waals surface area (Å²) in [4.78, 5) is 14.6. The van der Waals surface area contributed by atoms with Crippen LogP contribution in [0.5, 0.6) is 0 Å². The van der Waals surface area contributed by atoms with Crippen LogP contribution in [0.15, 0.2) is 24.3 Å². The van der Waals surface area contributed by atoms with Crippen molar-refractivity contribution in [2.75, 3.05) is 5.32 Å². The molecule has 0 radical (unpaired) electrons. The van der Waals surface area contributed by atoms with E-state index in [1.54, 1.807) is 0 Å². The highest BCUT2D eigenvalue weighted by molar-refractivity contribution is 5.90. The standard InChI is InChI=1S/C12H12F2N2O/c13-10-6-5-9(12(14)16-10)15-11(17)7-8-3-1-2-4-8/h1,3,5-6,8H,2,4,7H2,(H,15,17). The Bertz CT molecular complexity index is 460. The molecule has 0 aliphatic heterocycles. The Labute approximate surface area is 97.6 Å². The molecular formula is C12H12F2N2O. The molecule has 0 fully saturated rings. The van der Waals surface area contributed by atoms with E-state index in [4.69, 9.17) is 0 Å². The molecule has 1 atom stereocenters. The molecule has 1 N–H and O–H groups in total. The van der Waals surface area contributed by atoms with Crippen molar-refractivity contribution in [3.05, 3.63) is 36.2 Å². The van der Waals surface area contributed by atoms with Gasteiger partial charge in [-0.2, -0.15) is 13.8 Å². The maximum atomic E-state index is 13.1. The highest BCUT2D eigenvalue weighted by Crippen LogP contribution is 2.21. The second-order valence-corrected chi connectivity index (χ2v) is 3.99. The maximum Gasteiger partial charge on any atom is 0.239 e. The fourth-order valence-electron chi connectivity index (χ4n) is 1.81. The second kappa shape index (κ2) is 5.03. The van der Waals surface area contributed by atoms with Crippen molar-refractivity contribution < 1.29 is 13.6 Å². The van der Waals surface area contributed by atoms with Crippen LogP contribution in [0.3, 0.4) is 0 Å². The van der Waals surface area contributed by atoms with Gasteiger partial charge in [-0.25, -0.2) is 0 Å². The number of halogens is 2. The first-order chi connectivity index (χ1) is 8.15. The van der Waals surface area contributed by atoms with E-state index in [9.17, 15) is 13.6 Å². The second-order valence-electron chi connectivity index (χ2n) is 3.99. The summed E-state index contributed by atoms with van der Waals surface area (Å²) >= 11 is 0. The first kappa shape index (κ1) is 11.7. The molecule has 1 aromatic heterocycles. The number of nitrogens with one attached hydrogen (secondary N) is 1. The number of hydrogen-bond acceptors (Lipinski definition) is 2. The van der Waals surface area contributed by atoms with Crippen LogP contribution in [0.25, 0.3) is 0 Å². The van der Waals surface area contributed by atoms with E-state index in [0.29, 0.717) is 6.42 Å². The molecule has 1 unspecified atom stereocenters. The van der Waals surface area contributed by atoms with Crippen molar-refractivity contribution in [3.8, 4) is 0 Å². The number of aromatic nitrogens is 1. The van der Waals surface area contributed by atoms with Gasteiger partial charge in [0.05, 0.1) is 5.69 Å². The van der Waals surface area contributed by atoms with E-state index >= 15 is 0 Å². The minimum absolute atomic E-state index is 0.0848. The minimum atomic E-state index is -1.000. The maximum absolute atomic E-state index is 13.1. The molecule has 1 aliphatic carbocycles. The quantitative estimate of drug-likeness (QED) is 0.649. The van der Waals surface area contributed by atoms with E-state index in [-0.39, 0.29) is 17.5 Å². The van der Waals surface area contributed by atoms with Crippen LogP contribution in [0, 0.1) is 17.8 Å². The molecule has 1 heterocycles. The lowest BCUT2D eigenvalue weighted by Gasteiger charge is -2.08. The summed E-state index contributed by atoms with van der Waals surface area (Å²) in [5, 5.41) is 2.39. The molecule has 0 saturated carbocycles. The average molecular weight is 238 g/mol. The Morgan fingerprint density at radius 2 is 2.29 bits per heavy atom. The third kappa shape index (κ3) is 3.09. The van der Waals surface area contributed by atoms with Gasteiger partial charge in [0, 0.05) is 6.42 Å². The van der Waals surface area contributed by atoms with Crippen LogP contribution < -0.4 is 5.32 Å². The Hall–Kier alpha value is -1.78. The van der Waals surface area contributed by atoms with E-state index in [1.807, 2.05) is 12.2 Å². The van der Waals surface area contributed by atoms with Gasteiger partial charge in [0.25, 0.3) is 0 Å². The van der Waals surface area contributed by atoms with Gasteiger partial charge < -0.3 is 5.32 Å². The lowest BCUT2D eigenvalue weighted by atomic mass is 10.1. The molecule has 17 heavy (non-hydrogen) atoms. The molecule has 0 spiro atoms. The van der Waals surface area contributed by atoms with Gasteiger partial charge in [0.1, 0.15) is 0 Å². The van der Waals surface area contributed by atoms with Crippen LogP contribution in [0.4, 0.5) is 14.5 Å². The van der Waals surface area contributed by atoms with Crippen molar-refractivity contribution in [2.24, 2.45) is 5.92 Å². The summed E-state index contributed by atoms with van der Waals surface area (Å²) in [7, 11) is 0. The van der Waals surface area contributed by atoms with Crippen molar-refractivity contribution in [1.82, 2.24) is 4.98 Å². The Kier molecular flexibility index (Phi) is 3.46. The molecule has 90 valence electrons. The van der Waals surface area contributed by atoms with Crippen LogP contribution in [0.2, 0.25) is 0 Å². The monoisotopic (exact) mass is 238 g/mol. The van der Waals surface area contributed by atoms with E-state index in [2.05, 4.69) is 10.3 Å². The van der Waals surface area contributed by atoms with E-state index in [1.165, 1.54) is 6.07 Å². The predicted octanol–water partition coefficient (Wildman–Crippen LogP) is 2.65. The number of rotatable bonds is 3. The molecule has 0 saturated heterocycles. The van der Waals surface area contributed by atoms with Gasteiger partial charge in [0.2, 0.25) is 17.8 Å². The lowest BCUT2D eigenvalue weighted by molar-refractivity contribution is -0.116. The number of amides is 1. The predicted molar refractivity (Wildman–Crippen MR) is 59.3 cm³/mol. The first-order valence-corrected chi connectivity index (χ1v) is 5.43. The van der Waals surface area contributed by atoms with Crippen LogP contribution >= 0.6 is 0 Å². The van der Waals surface area contributed by atoms with Crippen LogP contribution in [0.1, 0.15) is 19.3 Å². The number of carbonyl (C=O) groups is 1. The molecule has 1 amide bonds. The summed E-state index contributed by atoms with van der Waals surface area (Å²) in [5.41, 5.74) is -0.0848. The highest BCUT2D eigenvalue weighted by atomic mass is 19.1. The zero-order chi connectivity index (χ0) is 12.3. The number of allylic oxidation sites excluding steroid dienone is 2. The van der Waals surface area contributed by atoms with Crippen LogP contribution in [-0.4, -0.2) is 10.9 Å². The van der Waals surface area contributed by atoms with Crippen LogP contribution in [-0.2, 0) is 4.79 Å². The number of nitrogens with zero attached hydrogens (tertiary/aromatic N) is 1. The van der Waals surface area contributed by atoms with E-state index in [0.717, 1.165) is 18.9 Å². The molecule has 2 rings (SSSR count). The summed E-state index contributed by atoms with van der Waals surface area (Å²) < 4.78 is 25.7. The van der Waals surface area contributed by atoms with Crippen molar-refractivity contribution in [2.45, 2.75) is 19.3 Å². The topological polar surface area (TPSA) is 42.0 Å². The normalized spacial score (nSPS) is 18.4. The number of anilines is 1. The molecule has 1 aromatic rings. The Morgan fingerprint density at radius 1 is 1.47 bits per heavy atom. The molecular weight excluding hydrogens is 226 g/mol. The minimum Gasteiger partial charge on any atom is -0.322 e. The smallest absolute Gasteiger partial charge is 0.239 e. The zero-order valence-corrected chi connectivity index (χ0v) is 9.12.